The molecule has 0 radical (unpaired) electrons. The maximum absolute atomic E-state index is 12.4. The average molecular weight is 263 g/mol. The van der Waals surface area contributed by atoms with E-state index in [1.54, 1.807) is 26.0 Å². The van der Waals surface area contributed by atoms with E-state index < -0.39 is 11.4 Å². The Kier molecular flexibility index (Phi) is 3.22. The molecule has 2 rings (SSSR count). The molecule has 1 aromatic carbocycles. The van der Waals surface area contributed by atoms with Crippen LogP contribution in [0.4, 0.5) is 0 Å². The maximum Gasteiger partial charge on any atom is 0.311 e. The third-order valence-corrected chi connectivity index (χ3v) is 3.81. The third kappa shape index (κ3) is 2.28. The Balaban J connectivity index is 2.23. The molecule has 0 spiro atoms. The van der Waals surface area contributed by atoms with Gasteiger partial charge in [0, 0.05) is 24.2 Å². The van der Waals surface area contributed by atoms with Crippen molar-refractivity contribution >= 4 is 11.9 Å². The number of hydrogen-bond donors (Lipinski definition) is 2. The number of carboxylic acid groups (broad SMARTS) is 1. The third-order valence-electron chi connectivity index (χ3n) is 3.81. The first-order valence-electron chi connectivity index (χ1n) is 6.16. The molecular formula is C14H17NO4. The van der Waals surface area contributed by atoms with Crippen LogP contribution in [-0.2, 0) is 4.79 Å². The summed E-state index contributed by atoms with van der Waals surface area (Å²) >= 11 is 0. The molecule has 1 saturated heterocycles. The van der Waals surface area contributed by atoms with E-state index in [1.165, 1.54) is 11.0 Å². The number of hydrogen-bond acceptors (Lipinski definition) is 3. The zero-order chi connectivity index (χ0) is 14.2. The Labute approximate surface area is 111 Å². The highest BCUT2D eigenvalue weighted by molar-refractivity contribution is 5.97. The van der Waals surface area contributed by atoms with Gasteiger partial charge < -0.3 is 15.1 Å². The Morgan fingerprint density at radius 3 is 2.63 bits per heavy atom. The van der Waals surface area contributed by atoms with Gasteiger partial charge in [-0.1, -0.05) is 6.07 Å². The van der Waals surface area contributed by atoms with E-state index in [2.05, 4.69) is 0 Å². The molecule has 2 N–H and O–H groups in total. The Bertz CT molecular complexity index is 540. The normalized spacial score (nSPS) is 22.5. The largest absolute Gasteiger partial charge is 0.508 e. The highest BCUT2D eigenvalue weighted by Gasteiger charge is 2.42. The minimum atomic E-state index is -0.879. The predicted octanol–water partition coefficient (Wildman–Crippen LogP) is 1.64. The van der Waals surface area contributed by atoms with Crippen LogP contribution in [0.2, 0.25) is 0 Å². The van der Waals surface area contributed by atoms with E-state index in [1.807, 2.05) is 0 Å². The second-order valence-electron chi connectivity index (χ2n) is 5.29. The van der Waals surface area contributed by atoms with Crippen molar-refractivity contribution in [3.63, 3.8) is 0 Å². The van der Waals surface area contributed by atoms with Gasteiger partial charge in [0.2, 0.25) is 0 Å². The van der Waals surface area contributed by atoms with Gasteiger partial charge in [-0.15, -0.1) is 0 Å². The summed E-state index contributed by atoms with van der Waals surface area (Å²) in [7, 11) is 0. The van der Waals surface area contributed by atoms with Gasteiger partial charge in [0.25, 0.3) is 5.91 Å². The molecule has 1 unspecified atom stereocenters. The van der Waals surface area contributed by atoms with Crippen molar-refractivity contribution in [2.24, 2.45) is 5.41 Å². The van der Waals surface area contributed by atoms with Crippen molar-refractivity contribution in [3.8, 4) is 5.75 Å². The van der Waals surface area contributed by atoms with E-state index in [0.29, 0.717) is 24.1 Å². The summed E-state index contributed by atoms with van der Waals surface area (Å²) in [6, 6.07) is 4.79. The lowest BCUT2D eigenvalue weighted by atomic mass is 9.90. The maximum atomic E-state index is 12.4. The molecule has 5 nitrogen and oxygen atoms in total. The lowest BCUT2D eigenvalue weighted by molar-refractivity contribution is -0.147. The summed E-state index contributed by atoms with van der Waals surface area (Å²) in [5.74, 6) is -1.03. The lowest BCUT2D eigenvalue weighted by Gasteiger charge is -2.21. The number of aliphatic carboxylic acids is 1. The summed E-state index contributed by atoms with van der Waals surface area (Å²) in [5.41, 5.74) is 0.0754. The van der Waals surface area contributed by atoms with E-state index in [9.17, 15) is 14.7 Å². The molecule has 0 aliphatic carbocycles. The van der Waals surface area contributed by atoms with Crippen molar-refractivity contribution in [2.75, 3.05) is 13.1 Å². The molecule has 1 heterocycles. The van der Waals surface area contributed by atoms with Gasteiger partial charge in [0.1, 0.15) is 5.75 Å². The molecule has 1 aromatic rings. The van der Waals surface area contributed by atoms with Crippen molar-refractivity contribution in [3.05, 3.63) is 29.3 Å². The van der Waals surface area contributed by atoms with Gasteiger partial charge in [-0.3, -0.25) is 9.59 Å². The van der Waals surface area contributed by atoms with Gasteiger partial charge in [0.05, 0.1) is 5.41 Å². The van der Waals surface area contributed by atoms with Gasteiger partial charge in [0.15, 0.2) is 0 Å². The number of carbonyl (C=O) groups is 2. The van der Waals surface area contributed by atoms with Gasteiger partial charge in [-0.05, 0) is 32.4 Å². The lowest BCUT2D eigenvalue weighted by Crippen LogP contribution is -2.35. The molecule has 1 fully saturated rings. The molecule has 1 aliphatic rings. The Morgan fingerprint density at radius 1 is 1.37 bits per heavy atom. The first kappa shape index (κ1) is 13.4. The molecular weight excluding hydrogens is 246 g/mol. The van der Waals surface area contributed by atoms with E-state index in [0.717, 1.165) is 0 Å². The van der Waals surface area contributed by atoms with Crippen molar-refractivity contribution < 1.29 is 19.8 Å². The van der Waals surface area contributed by atoms with Crippen LogP contribution in [-0.4, -0.2) is 40.1 Å². The fraction of sp³-hybridized carbons (Fsp3) is 0.429. The van der Waals surface area contributed by atoms with E-state index >= 15 is 0 Å². The molecule has 102 valence electrons. The molecule has 0 saturated carbocycles. The molecule has 0 bridgehead atoms. The van der Waals surface area contributed by atoms with Crippen LogP contribution >= 0.6 is 0 Å². The van der Waals surface area contributed by atoms with Gasteiger partial charge >= 0.3 is 5.97 Å². The van der Waals surface area contributed by atoms with Crippen molar-refractivity contribution in [2.45, 2.75) is 20.3 Å². The molecule has 1 aliphatic heterocycles. The van der Waals surface area contributed by atoms with Gasteiger partial charge in [-0.2, -0.15) is 0 Å². The van der Waals surface area contributed by atoms with Crippen molar-refractivity contribution in [1.82, 2.24) is 4.90 Å². The second kappa shape index (κ2) is 4.57. The number of rotatable bonds is 2. The van der Waals surface area contributed by atoms with Crippen LogP contribution in [0, 0.1) is 12.3 Å². The Hall–Kier alpha value is -2.04. The minimum Gasteiger partial charge on any atom is -0.508 e. The van der Waals surface area contributed by atoms with E-state index in [-0.39, 0.29) is 18.2 Å². The molecule has 19 heavy (non-hydrogen) atoms. The van der Waals surface area contributed by atoms with E-state index in [4.69, 9.17) is 5.11 Å². The fourth-order valence-electron chi connectivity index (χ4n) is 2.33. The first-order chi connectivity index (χ1) is 8.85. The molecule has 0 aromatic heterocycles. The zero-order valence-corrected chi connectivity index (χ0v) is 11.0. The van der Waals surface area contributed by atoms with Crippen LogP contribution in [0.3, 0.4) is 0 Å². The molecule has 1 atom stereocenters. The number of carbonyl (C=O) groups excluding carboxylic acids is 1. The number of phenols is 1. The smallest absolute Gasteiger partial charge is 0.311 e. The number of aromatic hydroxyl groups is 1. The van der Waals surface area contributed by atoms with Crippen LogP contribution in [0.1, 0.15) is 29.3 Å². The fourth-order valence-corrected chi connectivity index (χ4v) is 2.33. The zero-order valence-electron chi connectivity index (χ0n) is 11.0. The van der Waals surface area contributed by atoms with Crippen LogP contribution in [0.5, 0.6) is 5.75 Å². The SMILES string of the molecule is Cc1c(O)cccc1C(=O)N1CCC(C)(C(=O)O)C1. The average Bonchev–Trinajstić information content (AvgIpc) is 2.76. The van der Waals surface area contributed by atoms with Crippen LogP contribution < -0.4 is 0 Å². The topological polar surface area (TPSA) is 77.8 Å². The van der Waals surface area contributed by atoms with Crippen molar-refractivity contribution in [1.29, 1.82) is 0 Å². The standard InChI is InChI=1S/C14H17NO4/c1-9-10(4-3-5-11(9)16)12(17)15-7-6-14(2,8-15)13(18)19/h3-5,16H,6-8H2,1-2H3,(H,18,19). The summed E-state index contributed by atoms with van der Waals surface area (Å²) in [4.78, 5) is 25.1. The molecule has 1 amide bonds. The van der Waals surface area contributed by atoms with Gasteiger partial charge in [-0.25, -0.2) is 0 Å². The Morgan fingerprint density at radius 2 is 2.05 bits per heavy atom. The predicted molar refractivity (Wildman–Crippen MR) is 69.1 cm³/mol. The van der Waals surface area contributed by atoms with Crippen LogP contribution in [0.15, 0.2) is 18.2 Å². The second-order valence-corrected chi connectivity index (χ2v) is 5.29. The summed E-state index contributed by atoms with van der Waals surface area (Å²) in [6.07, 6.45) is 0.450. The summed E-state index contributed by atoms with van der Waals surface area (Å²) in [5, 5.41) is 18.8. The number of carboxylic acids is 1. The first-order valence-corrected chi connectivity index (χ1v) is 6.16. The monoisotopic (exact) mass is 263 g/mol. The highest BCUT2D eigenvalue weighted by Crippen LogP contribution is 2.32. The number of likely N-dealkylation sites (tertiary alicyclic amines) is 1. The number of benzene rings is 1. The summed E-state index contributed by atoms with van der Waals surface area (Å²) < 4.78 is 0. The van der Waals surface area contributed by atoms with Crippen LogP contribution in [0.25, 0.3) is 0 Å². The molecule has 5 heteroatoms. The number of nitrogens with zero attached hydrogens (tertiary/aromatic N) is 1. The number of phenolic OH excluding ortho intramolecular Hbond substituents is 1. The summed E-state index contributed by atoms with van der Waals surface area (Å²) in [6.45, 7) is 3.96. The number of amides is 1. The minimum absolute atomic E-state index is 0.0750. The highest BCUT2D eigenvalue weighted by atomic mass is 16.4. The quantitative estimate of drug-likeness (QED) is 0.850.